The zero-order valence-corrected chi connectivity index (χ0v) is 11.9. The van der Waals surface area contributed by atoms with Gasteiger partial charge in [0.05, 0.1) is 6.61 Å². The first-order valence-corrected chi connectivity index (χ1v) is 6.89. The Bertz CT molecular complexity index is 539. The van der Waals surface area contributed by atoms with Crippen LogP contribution < -0.4 is 10.1 Å². The van der Waals surface area contributed by atoms with Crippen LogP contribution in [0.4, 0.5) is 4.39 Å². The monoisotopic (exact) mass is 273 g/mol. The average Bonchev–Trinajstić information content (AvgIpc) is 2.46. The third-order valence-electron chi connectivity index (χ3n) is 3.19. The summed E-state index contributed by atoms with van der Waals surface area (Å²) in [5.74, 6) is 0.687. The van der Waals surface area contributed by atoms with Gasteiger partial charge in [-0.1, -0.05) is 24.3 Å². The summed E-state index contributed by atoms with van der Waals surface area (Å²) in [5, 5.41) is 3.43. The molecule has 0 aromatic heterocycles. The Balaban J connectivity index is 1.94. The molecule has 0 heterocycles. The van der Waals surface area contributed by atoms with Gasteiger partial charge in [0, 0.05) is 12.6 Å². The molecule has 0 aliphatic carbocycles. The van der Waals surface area contributed by atoms with Crippen LogP contribution in [0.15, 0.2) is 48.5 Å². The minimum atomic E-state index is -0.203. The fraction of sp³-hybridized carbons (Fsp3) is 0.294. The van der Waals surface area contributed by atoms with Gasteiger partial charge in [-0.05, 0) is 49.2 Å². The van der Waals surface area contributed by atoms with Crippen LogP contribution >= 0.6 is 0 Å². The van der Waals surface area contributed by atoms with Gasteiger partial charge in [0.2, 0.25) is 0 Å². The summed E-state index contributed by atoms with van der Waals surface area (Å²) >= 11 is 0. The quantitative estimate of drug-likeness (QED) is 0.856. The van der Waals surface area contributed by atoms with Crippen molar-refractivity contribution in [3.8, 4) is 5.75 Å². The Morgan fingerprint density at radius 3 is 2.60 bits per heavy atom. The van der Waals surface area contributed by atoms with Gasteiger partial charge in [-0.25, -0.2) is 4.39 Å². The molecular formula is C17H20FNO. The molecule has 1 unspecified atom stereocenters. The molecule has 0 bridgehead atoms. The molecule has 2 aromatic carbocycles. The van der Waals surface area contributed by atoms with Crippen molar-refractivity contribution >= 4 is 0 Å². The van der Waals surface area contributed by atoms with Crippen molar-refractivity contribution in [1.29, 1.82) is 0 Å². The highest BCUT2D eigenvalue weighted by atomic mass is 19.1. The maximum atomic E-state index is 12.9. The third kappa shape index (κ3) is 4.07. The lowest BCUT2D eigenvalue weighted by Crippen LogP contribution is -2.18. The van der Waals surface area contributed by atoms with Crippen molar-refractivity contribution in [1.82, 2.24) is 5.32 Å². The van der Waals surface area contributed by atoms with Crippen LogP contribution in [0.3, 0.4) is 0 Å². The first-order chi connectivity index (χ1) is 9.69. The van der Waals surface area contributed by atoms with Crippen LogP contribution in [0.25, 0.3) is 0 Å². The van der Waals surface area contributed by atoms with Gasteiger partial charge >= 0.3 is 0 Å². The summed E-state index contributed by atoms with van der Waals surface area (Å²) < 4.78 is 18.4. The first kappa shape index (κ1) is 14.5. The molecule has 0 aliphatic rings. The van der Waals surface area contributed by atoms with Crippen molar-refractivity contribution in [3.05, 3.63) is 65.5 Å². The van der Waals surface area contributed by atoms with Gasteiger partial charge in [-0.2, -0.15) is 0 Å². The van der Waals surface area contributed by atoms with Crippen LogP contribution in [0.5, 0.6) is 5.75 Å². The normalized spacial score (nSPS) is 12.2. The van der Waals surface area contributed by atoms with Crippen molar-refractivity contribution < 1.29 is 9.13 Å². The van der Waals surface area contributed by atoms with E-state index in [1.54, 1.807) is 0 Å². The maximum Gasteiger partial charge on any atom is 0.123 e. The molecule has 0 aliphatic heterocycles. The SMILES string of the molecule is CCOc1cccc(CNC(C)c2ccc(F)cc2)c1. The molecule has 0 spiro atoms. The predicted octanol–water partition coefficient (Wildman–Crippen LogP) is 4.08. The van der Waals surface area contributed by atoms with E-state index >= 15 is 0 Å². The van der Waals surface area contributed by atoms with Gasteiger partial charge in [-0.3, -0.25) is 0 Å². The minimum absolute atomic E-state index is 0.173. The van der Waals surface area contributed by atoms with Crippen LogP contribution in [0, 0.1) is 5.82 Å². The van der Waals surface area contributed by atoms with Gasteiger partial charge in [-0.15, -0.1) is 0 Å². The lowest BCUT2D eigenvalue weighted by Gasteiger charge is -2.15. The summed E-state index contributed by atoms with van der Waals surface area (Å²) in [5.41, 5.74) is 2.25. The molecule has 0 saturated heterocycles. The summed E-state index contributed by atoms with van der Waals surface area (Å²) in [7, 11) is 0. The minimum Gasteiger partial charge on any atom is -0.494 e. The van der Waals surface area contributed by atoms with Crippen molar-refractivity contribution in [2.75, 3.05) is 6.61 Å². The van der Waals surface area contributed by atoms with Crippen LogP contribution in [0.1, 0.15) is 31.0 Å². The molecule has 2 nitrogen and oxygen atoms in total. The molecule has 106 valence electrons. The number of nitrogens with one attached hydrogen (secondary N) is 1. The highest BCUT2D eigenvalue weighted by Gasteiger charge is 2.05. The van der Waals surface area contributed by atoms with E-state index in [1.165, 1.54) is 17.7 Å². The summed E-state index contributed by atoms with van der Waals surface area (Å²) in [6, 6.07) is 14.8. The molecular weight excluding hydrogens is 253 g/mol. The third-order valence-corrected chi connectivity index (χ3v) is 3.19. The Labute approximate surface area is 119 Å². The number of halogens is 1. The summed E-state index contributed by atoms with van der Waals surface area (Å²) in [4.78, 5) is 0. The smallest absolute Gasteiger partial charge is 0.123 e. The Kier molecular flexibility index (Phi) is 5.13. The van der Waals surface area contributed by atoms with E-state index in [0.29, 0.717) is 6.61 Å². The highest BCUT2D eigenvalue weighted by molar-refractivity contribution is 5.28. The summed E-state index contributed by atoms with van der Waals surface area (Å²) in [6.07, 6.45) is 0. The van der Waals surface area contributed by atoms with Crippen LogP contribution in [-0.2, 0) is 6.54 Å². The molecule has 1 N–H and O–H groups in total. The van der Waals surface area contributed by atoms with Gasteiger partial charge in [0.25, 0.3) is 0 Å². The predicted molar refractivity (Wildman–Crippen MR) is 79.3 cm³/mol. The first-order valence-electron chi connectivity index (χ1n) is 6.89. The van der Waals surface area contributed by atoms with E-state index in [1.807, 2.05) is 37.3 Å². The van der Waals surface area contributed by atoms with E-state index in [0.717, 1.165) is 17.9 Å². The Hall–Kier alpha value is -1.87. The average molecular weight is 273 g/mol. The molecule has 0 radical (unpaired) electrons. The molecule has 2 rings (SSSR count). The fourth-order valence-electron chi connectivity index (χ4n) is 2.05. The van der Waals surface area contributed by atoms with Crippen molar-refractivity contribution in [3.63, 3.8) is 0 Å². The summed E-state index contributed by atoms with van der Waals surface area (Å²) in [6.45, 7) is 5.46. The van der Waals surface area contributed by atoms with Crippen LogP contribution in [0.2, 0.25) is 0 Å². The number of ether oxygens (including phenoxy) is 1. The maximum absolute atomic E-state index is 12.9. The lowest BCUT2D eigenvalue weighted by molar-refractivity contribution is 0.339. The lowest BCUT2D eigenvalue weighted by atomic mass is 10.1. The number of benzene rings is 2. The van der Waals surface area contributed by atoms with E-state index in [4.69, 9.17) is 4.74 Å². The molecule has 2 aromatic rings. The highest BCUT2D eigenvalue weighted by Crippen LogP contribution is 2.16. The number of hydrogen-bond donors (Lipinski definition) is 1. The Morgan fingerprint density at radius 2 is 1.90 bits per heavy atom. The van der Waals surface area contributed by atoms with E-state index in [-0.39, 0.29) is 11.9 Å². The van der Waals surface area contributed by atoms with Crippen LogP contribution in [-0.4, -0.2) is 6.61 Å². The van der Waals surface area contributed by atoms with E-state index in [2.05, 4.69) is 18.3 Å². The molecule has 3 heteroatoms. The Morgan fingerprint density at radius 1 is 1.15 bits per heavy atom. The van der Waals surface area contributed by atoms with E-state index < -0.39 is 0 Å². The largest absolute Gasteiger partial charge is 0.494 e. The second-order valence-corrected chi connectivity index (χ2v) is 4.73. The van der Waals surface area contributed by atoms with Gasteiger partial charge in [0.1, 0.15) is 11.6 Å². The molecule has 20 heavy (non-hydrogen) atoms. The van der Waals surface area contributed by atoms with Gasteiger partial charge in [0.15, 0.2) is 0 Å². The van der Waals surface area contributed by atoms with Crippen molar-refractivity contribution in [2.24, 2.45) is 0 Å². The second-order valence-electron chi connectivity index (χ2n) is 4.73. The van der Waals surface area contributed by atoms with Gasteiger partial charge < -0.3 is 10.1 Å². The molecule has 1 atom stereocenters. The van der Waals surface area contributed by atoms with Crippen molar-refractivity contribution in [2.45, 2.75) is 26.4 Å². The number of hydrogen-bond acceptors (Lipinski definition) is 2. The second kappa shape index (κ2) is 7.06. The molecule has 0 saturated carbocycles. The molecule has 0 fully saturated rings. The fourth-order valence-corrected chi connectivity index (χ4v) is 2.05. The standard InChI is InChI=1S/C17H20FNO/c1-3-20-17-6-4-5-14(11-17)12-19-13(2)15-7-9-16(18)10-8-15/h4-11,13,19H,3,12H2,1-2H3. The van der Waals surface area contributed by atoms with E-state index in [9.17, 15) is 4.39 Å². The topological polar surface area (TPSA) is 21.3 Å². The number of rotatable bonds is 6. The zero-order valence-electron chi connectivity index (χ0n) is 11.9. The zero-order chi connectivity index (χ0) is 14.4. The molecule has 0 amide bonds.